The van der Waals surface area contributed by atoms with Crippen molar-refractivity contribution in [1.82, 2.24) is 15.2 Å². The number of piperidine rings is 1. The minimum atomic E-state index is -0.126. The minimum Gasteiger partial charge on any atom is -0.493 e. The Morgan fingerprint density at radius 2 is 1.73 bits per heavy atom. The maximum atomic E-state index is 13.0. The second-order valence-electron chi connectivity index (χ2n) is 7.10. The average molecular weight is 413 g/mol. The predicted molar refractivity (Wildman–Crippen MR) is 111 cm³/mol. The third-order valence-corrected chi connectivity index (χ3v) is 5.29. The number of nitrogens with zero attached hydrogens (tertiary/aromatic N) is 2. The zero-order valence-electron chi connectivity index (χ0n) is 17.5. The minimum absolute atomic E-state index is 0.0768. The van der Waals surface area contributed by atoms with Crippen molar-refractivity contribution in [3.8, 4) is 17.2 Å². The van der Waals surface area contributed by atoms with Crippen LogP contribution < -0.4 is 19.5 Å². The Hall–Kier alpha value is -3.29. The van der Waals surface area contributed by atoms with Gasteiger partial charge in [-0.2, -0.15) is 0 Å². The van der Waals surface area contributed by atoms with Crippen LogP contribution in [0.4, 0.5) is 0 Å². The molecular weight excluding hydrogens is 386 g/mol. The van der Waals surface area contributed by atoms with Crippen molar-refractivity contribution in [2.24, 2.45) is 5.92 Å². The molecule has 3 rings (SSSR count). The lowest BCUT2D eigenvalue weighted by molar-refractivity contribution is 0.0683. The van der Waals surface area contributed by atoms with Crippen LogP contribution in [0.25, 0.3) is 0 Å². The fourth-order valence-corrected chi connectivity index (χ4v) is 3.56. The van der Waals surface area contributed by atoms with E-state index in [1.807, 2.05) is 4.90 Å². The molecule has 1 aromatic carbocycles. The molecule has 0 saturated carbocycles. The molecule has 1 fully saturated rings. The monoisotopic (exact) mass is 413 g/mol. The number of hydrogen-bond acceptors (Lipinski definition) is 6. The van der Waals surface area contributed by atoms with Crippen molar-refractivity contribution >= 4 is 11.8 Å². The van der Waals surface area contributed by atoms with Gasteiger partial charge in [-0.15, -0.1) is 0 Å². The van der Waals surface area contributed by atoms with E-state index in [1.165, 1.54) is 21.3 Å². The van der Waals surface area contributed by atoms with E-state index in [-0.39, 0.29) is 11.8 Å². The summed E-state index contributed by atoms with van der Waals surface area (Å²) in [6.07, 6.45) is 4.83. The normalized spacial score (nSPS) is 14.2. The van der Waals surface area contributed by atoms with Crippen LogP contribution in [-0.2, 0) is 0 Å². The second-order valence-corrected chi connectivity index (χ2v) is 7.10. The molecule has 30 heavy (non-hydrogen) atoms. The van der Waals surface area contributed by atoms with Gasteiger partial charge in [0.2, 0.25) is 5.75 Å². The first-order valence-electron chi connectivity index (χ1n) is 9.84. The van der Waals surface area contributed by atoms with E-state index in [4.69, 9.17) is 14.2 Å². The molecule has 2 amide bonds. The quantitative estimate of drug-likeness (QED) is 0.750. The number of rotatable bonds is 7. The fourth-order valence-electron chi connectivity index (χ4n) is 3.56. The summed E-state index contributed by atoms with van der Waals surface area (Å²) in [4.78, 5) is 30.9. The van der Waals surface area contributed by atoms with E-state index in [9.17, 15) is 9.59 Å². The molecule has 2 heterocycles. The number of nitrogens with one attached hydrogen (secondary N) is 1. The molecule has 1 aliphatic rings. The van der Waals surface area contributed by atoms with E-state index < -0.39 is 0 Å². The van der Waals surface area contributed by atoms with E-state index in [0.29, 0.717) is 53.9 Å². The molecule has 1 saturated heterocycles. The molecule has 0 radical (unpaired) electrons. The van der Waals surface area contributed by atoms with Gasteiger partial charge in [0.25, 0.3) is 11.8 Å². The van der Waals surface area contributed by atoms with E-state index in [0.717, 1.165) is 12.8 Å². The number of benzene rings is 1. The molecule has 8 heteroatoms. The molecule has 0 spiro atoms. The van der Waals surface area contributed by atoms with Gasteiger partial charge < -0.3 is 24.4 Å². The largest absolute Gasteiger partial charge is 0.493 e. The third-order valence-electron chi connectivity index (χ3n) is 5.29. The number of hydrogen-bond donors (Lipinski definition) is 1. The van der Waals surface area contributed by atoms with E-state index in [1.54, 1.807) is 36.7 Å². The maximum absolute atomic E-state index is 13.0. The lowest BCUT2D eigenvalue weighted by atomic mass is 9.96. The Labute approximate surface area is 176 Å². The summed E-state index contributed by atoms with van der Waals surface area (Å²) in [7, 11) is 4.58. The highest BCUT2D eigenvalue weighted by Crippen LogP contribution is 2.38. The van der Waals surface area contributed by atoms with Crippen molar-refractivity contribution in [2.75, 3.05) is 41.0 Å². The van der Waals surface area contributed by atoms with Gasteiger partial charge in [0.1, 0.15) is 0 Å². The van der Waals surface area contributed by atoms with Gasteiger partial charge in [-0.25, -0.2) is 0 Å². The highest BCUT2D eigenvalue weighted by Gasteiger charge is 2.26. The van der Waals surface area contributed by atoms with Gasteiger partial charge in [-0.1, -0.05) is 0 Å². The highest BCUT2D eigenvalue weighted by molar-refractivity contribution is 5.96. The number of pyridine rings is 1. The number of aromatic nitrogens is 1. The van der Waals surface area contributed by atoms with Gasteiger partial charge in [0.15, 0.2) is 11.5 Å². The van der Waals surface area contributed by atoms with Crippen molar-refractivity contribution < 1.29 is 23.8 Å². The van der Waals surface area contributed by atoms with Gasteiger partial charge >= 0.3 is 0 Å². The Morgan fingerprint density at radius 1 is 1.07 bits per heavy atom. The first-order valence-corrected chi connectivity index (χ1v) is 9.84. The zero-order valence-corrected chi connectivity index (χ0v) is 17.5. The first kappa shape index (κ1) is 21.4. The molecule has 1 aromatic heterocycles. The van der Waals surface area contributed by atoms with Crippen LogP contribution in [0.1, 0.15) is 33.6 Å². The molecule has 8 nitrogen and oxygen atoms in total. The lowest BCUT2D eigenvalue weighted by Crippen LogP contribution is -2.41. The molecule has 160 valence electrons. The Bertz CT molecular complexity index is 855. The second kappa shape index (κ2) is 9.96. The molecule has 2 aromatic rings. The molecule has 0 bridgehead atoms. The Morgan fingerprint density at radius 3 is 2.27 bits per heavy atom. The summed E-state index contributed by atoms with van der Waals surface area (Å²) in [6, 6.07) is 6.82. The number of amides is 2. The number of carbonyl (C=O) groups excluding carboxylic acids is 2. The number of likely N-dealkylation sites (tertiary alicyclic amines) is 1. The Kier molecular flexibility index (Phi) is 7.11. The summed E-state index contributed by atoms with van der Waals surface area (Å²) in [5, 5.41) is 2.96. The summed E-state index contributed by atoms with van der Waals surface area (Å²) in [5.74, 6) is 1.49. The molecule has 0 aliphatic carbocycles. The van der Waals surface area contributed by atoms with Crippen LogP contribution in [0.15, 0.2) is 36.7 Å². The summed E-state index contributed by atoms with van der Waals surface area (Å²) in [5.41, 5.74) is 1.04. The number of ether oxygens (including phenoxy) is 3. The molecular formula is C22H27N3O5. The van der Waals surface area contributed by atoms with Crippen molar-refractivity contribution in [2.45, 2.75) is 12.8 Å². The van der Waals surface area contributed by atoms with Gasteiger partial charge in [-0.05, 0) is 43.0 Å². The van der Waals surface area contributed by atoms with Crippen LogP contribution in [0, 0.1) is 5.92 Å². The molecule has 0 unspecified atom stereocenters. The van der Waals surface area contributed by atoms with Crippen LogP contribution in [-0.4, -0.2) is 62.7 Å². The molecule has 1 aliphatic heterocycles. The lowest BCUT2D eigenvalue weighted by Gasteiger charge is -2.32. The predicted octanol–water partition coefficient (Wildman–Crippen LogP) is 2.39. The smallest absolute Gasteiger partial charge is 0.254 e. The van der Waals surface area contributed by atoms with Crippen LogP contribution in [0.3, 0.4) is 0 Å². The van der Waals surface area contributed by atoms with Gasteiger partial charge in [0, 0.05) is 37.6 Å². The zero-order chi connectivity index (χ0) is 21.5. The summed E-state index contributed by atoms with van der Waals surface area (Å²) >= 11 is 0. The fraction of sp³-hybridized carbons (Fsp3) is 0.409. The number of carbonyl (C=O) groups is 2. The van der Waals surface area contributed by atoms with E-state index in [2.05, 4.69) is 10.3 Å². The molecule has 1 N–H and O–H groups in total. The summed E-state index contributed by atoms with van der Waals surface area (Å²) < 4.78 is 16.0. The van der Waals surface area contributed by atoms with Crippen LogP contribution in [0.2, 0.25) is 0 Å². The standard InChI is InChI=1S/C22H27N3O5/c1-28-18-11-17(12-19(29-2)20(18)30-3)22(27)25-9-6-15(7-10-25)13-24-21(26)16-5-4-8-23-14-16/h4-5,8,11-12,14-15H,6-7,9-10,13H2,1-3H3,(H,24,26). The van der Waals surface area contributed by atoms with Crippen LogP contribution in [0.5, 0.6) is 17.2 Å². The SMILES string of the molecule is COc1cc(C(=O)N2CCC(CNC(=O)c3cccnc3)CC2)cc(OC)c1OC. The molecule has 0 atom stereocenters. The van der Waals surface area contributed by atoms with E-state index >= 15 is 0 Å². The third kappa shape index (κ3) is 4.82. The van der Waals surface area contributed by atoms with Crippen molar-refractivity contribution in [3.63, 3.8) is 0 Å². The Balaban J connectivity index is 1.57. The topological polar surface area (TPSA) is 90.0 Å². The number of methoxy groups -OCH3 is 3. The van der Waals surface area contributed by atoms with Gasteiger partial charge in [0.05, 0.1) is 26.9 Å². The summed E-state index contributed by atoms with van der Waals surface area (Å²) in [6.45, 7) is 1.84. The average Bonchev–Trinajstić information content (AvgIpc) is 2.81. The van der Waals surface area contributed by atoms with Crippen molar-refractivity contribution in [3.05, 3.63) is 47.8 Å². The first-order chi connectivity index (χ1) is 14.6. The van der Waals surface area contributed by atoms with Crippen molar-refractivity contribution in [1.29, 1.82) is 0 Å². The van der Waals surface area contributed by atoms with Gasteiger partial charge in [-0.3, -0.25) is 14.6 Å². The maximum Gasteiger partial charge on any atom is 0.254 e. The van der Waals surface area contributed by atoms with Crippen LogP contribution >= 0.6 is 0 Å². The highest BCUT2D eigenvalue weighted by atomic mass is 16.5.